The van der Waals surface area contributed by atoms with E-state index < -0.39 is 17.9 Å². The summed E-state index contributed by atoms with van der Waals surface area (Å²) in [5, 5.41) is 11.2. The Morgan fingerprint density at radius 3 is 1.67 bits per heavy atom. The van der Waals surface area contributed by atoms with Gasteiger partial charge in [0.15, 0.2) is 6.10 Å². The molecule has 1 fully saturated rings. The monoisotopic (exact) mass is 538 g/mol. The number of epoxide rings is 1. The van der Waals surface area contributed by atoms with Gasteiger partial charge in [-0.1, -0.05) is 0 Å². The Morgan fingerprint density at radius 1 is 0.795 bits per heavy atom. The maximum atomic E-state index is 13.0. The average Bonchev–Trinajstić information content (AvgIpc) is 3.43. The number of carbonyl (C=O) groups is 4. The van der Waals surface area contributed by atoms with E-state index in [9.17, 15) is 19.2 Å². The average molecular weight is 539 g/mol. The van der Waals surface area contributed by atoms with Gasteiger partial charge in [0.1, 0.15) is 17.1 Å². The molecule has 1 unspecified atom stereocenters. The summed E-state index contributed by atoms with van der Waals surface area (Å²) in [4.78, 5) is 52.3. The van der Waals surface area contributed by atoms with Crippen LogP contribution in [-0.2, 0) is 30.7 Å². The number of hydrogen-bond acceptors (Lipinski definition) is 6. The summed E-state index contributed by atoms with van der Waals surface area (Å²) >= 11 is 0. The molecule has 4 N–H and O–H groups in total. The number of nitrogens with one attached hydrogen (secondary N) is 4. The van der Waals surface area contributed by atoms with Gasteiger partial charge in [-0.3, -0.25) is 19.2 Å². The van der Waals surface area contributed by atoms with E-state index in [-0.39, 0.29) is 11.8 Å². The first-order valence-corrected chi connectivity index (χ1v) is 12.5. The lowest BCUT2D eigenvalue weighted by molar-refractivity contribution is -0.117. The Balaban J connectivity index is 1.36. The highest BCUT2D eigenvalue weighted by molar-refractivity contribution is 6.07. The van der Waals surface area contributed by atoms with Crippen LogP contribution < -0.4 is 21.3 Å². The summed E-state index contributed by atoms with van der Waals surface area (Å²) in [6.45, 7) is 1.82. The fraction of sp³-hybridized carbons (Fsp3) is 0.385. The van der Waals surface area contributed by atoms with Crippen molar-refractivity contribution in [2.45, 2.75) is 12.5 Å². The van der Waals surface area contributed by atoms with Crippen LogP contribution in [-0.4, -0.2) is 82.1 Å². The first-order valence-electron chi connectivity index (χ1n) is 12.5. The number of ether oxygens (including phenoxy) is 1. The van der Waals surface area contributed by atoms with Crippen molar-refractivity contribution < 1.29 is 23.9 Å². The minimum atomic E-state index is -0.436. The normalized spacial score (nSPS) is 14.3. The van der Waals surface area contributed by atoms with E-state index in [4.69, 9.17) is 4.74 Å². The molecular weight excluding hydrogens is 504 g/mol. The quantitative estimate of drug-likeness (QED) is 0.213. The van der Waals surface area contributed by atoms with Crippen LogP contribution >= 0.6 is 0 Å². The Kier molecular flexibility index (Phi) is 8.21. The molecule has 0 bridgehead atoms. The molecule has 13 heteroatoms. The van der Waals surface area contributed by atoms with Crippen LogP contribution in [0.15, 0.2) is 36.8 Å². The first-order chi connectivity index (χ1) is 18.5. The highest BCUT2D eigenvalue weighted by atomic mass is 16.6. The summed E-state index contributed by atoms with van der Waals surface area (Å²) in [7, 11) is 9.08. The molecule has 1 atom stereocenters. The van der Waals surface area contributed by atoms with Gasteiger partial charge in [0, 0.05) is 46.3 Å². The molecule has 0 aromatic carbocycles. The number of aromatic nitrogens is 3. The van der Waals surface area contributed by atoms with E-state index in [2.05, 4.69) is 21.3 Å². The molecule has 3 aromatic heterocycles. The lowest BCUT2D eigenvalue weighted by Gasteiger charge is -2.10. The van der Waals surface area contributed by atoms with E-state index in [0.29, 0.717) is 47.3 Å². The molecule has 4 rings (SSSR count). The molecule has 1 aliphatic rings. The Bertz CT molecular complexity index is 1400. The summed E-state index contributed by atoms with van der Waals surface area (Å²) in [5.41, 5.74) is 2.46. The van der Waals surface area contributed by atoms with Crippen molar-refractivity contribution in [3.63, 3.8) is 0 Å². The van der Waals surface area contributed by atoms with Gasteiger partial charge in [-0.15, -0.1) is 0 Å². The maximum absolute atomic E-state index is 13.0. The van der Waals surface area contributed by atoms with E-state index in [1.54, 1.807) is 71.6 Å². The number of aryl methyl sites for hydroxylation is 3. The van der Waals surface area contributed by atoms with E-state index in [1.807, 2.05) is 19.0 Å². The van der Waals surface area contributed by atoms with Gasteiger partial charge in [-0.2, -0.15) is 0 Å². The third-order valence-electron chi connectivity index (χ3n) is 6.19. The van der Waals surface area contributed by atoms with E-state index >= 15 is 0 Å². The molecule has 0 aliphatic carbocycles. The molecular formula is C26H34N8O5. The maximum Gasteiger partial charge on any atom is 0.272 e. The number of rotatable bonds is 11. The van der Waals surface area contributed by atoms with Gasteiger partial charge in [-0.25, -0.2) is 0 Å². The second kappa shape index (κ2) is 11.6. The molecule has 4 amide bonds. The van der Waals surface area contributed by atoms with Crippen LogP contribution in [0.1, 0.15) is 37.9 Å². The van der Waals surface area contributed by atoms with Crippen molar-refractivity contribution >= 4 is 40.7 Å². The smallest absolute Gasteiger partial charge is 0.272 e. The number of nitrogens with zero attached hydrogens (tertiary/aromatic N) is 4. The third-order valence-corrected chi connectivity index (χ3v) is 6.19. The fourth-order valence-corrected chi connectivity index (χ4v) is 4.08. The molecule has 0 saturated carbocycles. The molecule has 208 valence electrons. The van der Waals surface area contributed by atoms with E-state index in [1.165, 1.54) is 0 Å². The third kappa shape index (κ3) is 6.94. The Hall–Kier alpha value is -4.36. The second-order valence-corrected chi connectivity index (χ2v) is 9.81. The molecule has 0 spiro atoms. The standard InChI is InChI=1S/C26H34N8O5/c1-31(2)8-6-7-27-23(35)19-9-16(12-32(19)3)28-24(36)20-10-17(13-33(20)4)29-25(37)21-11-18(14-34(21)5)30-26(38)22-15-39-22/h9-14,22H,6-8,15H2,1-5H3,(H,27,35)(H,28,36)(H,29,37)(H,30,38). The van der Waals surface area contributed by atoms with Crippen molar-refractivity contribution in [3.05, 3.63) is 53.9 Å². The van der Waals surface area contributed by atoms with Crippen molar-refractivity contribution in [3.8, 4) is 0 Å². The van der Waals surface area contributed by atoms with Gasteiger partial charge in [0.05, 0.1) is 23.7 Å². The number of amides is 4. The van der Waals surface area contributed by atoms with Crippen molar-refractivity contribution in [2.75, 3.05) is 49.7 Å². The van der Waals surface area contributed by atoms with Crippen molar-refractivity contribution in [1.29, 1.82) is 0 Å². The summed E-state index contributed by atoms with van der Waals surface area (Å²) in [6.07, 6.45) is 5.32. The van der Waals surface area contributed by atoms with Crippen LogP contribution in [0, 0.1) is 0 Å². The highest BCUT2D eigenvalue weighted by Crippen LogP contribution is 2.20. The van der Waals surface area contributed by atoms with Crippen LogP contribution in [0.2, 0.25) is 0 Å². The summed E-state index contributed by atoms with van der Waals surface area (Å²) in [5.74, 6) is -1.27. The second-order valence-electron chi connectivity index (χ2n) is 9.81. The Morgan fingerprint density at radius 2 is 1.23 bits per heavy atom. The lowest BCUT2D eigenvalue weighted by atomic mass is 10.3. The van der Waals surface area contributed by atoms with Crippen LogP contribution in [0.25, 0.3) is 0 Å². The SMILES string of the molecule is CN(C)CCCNC(=O)c1cc(NC(=O)c2cc(NC(=O)c3cc(NC(=O)C4CO4)cn3C)cn2C)cn1C. The lowest BCUT2D eigenvalue weighted by Crippen LogP contribution is -2.28. The van der Waals surface area contributed by atoms with Crippen LogP contribution in [0.5, 0.6) is 0 Å². The zero-order valence-electron chi connectivity index (χ0n) is 22.7. The first kappa shape index (κ1) is 27.7. The van der Waals surface area contributed by atoms with Crippen molar-refractivity contribution in [1.82, 2.24) is 23.9 Å². The van der Waals surface area contributed by atoms with E-state index in [0.717, 1.165) is 13.0 Å². The predicted molar refractivity (Wildman–Crippen MR) is 146 cm³/mol. The molecule has 39 heavy (non-hydrogen) atoms. The fourth-order valence-electron chi connectivity index (χ4n) is 4.08. The summed E-state index contributed by atoms with van der Waals surface area (Å²) in [6, 6.07) is 4.74. The van der Waals surface area contributed by atoms with Crippen molar-refractivity contribution in [2.24, 2.45) is 21.1 Å². The van der Waals surface area contributed by atoms with Gasteiger partial charge in [0.2, 0.25) is 0 Å². The van der Waals surface area contributed by atoms with Crippen LogP contribution in [0.4, 0.5) is 17.1 Å². The minimum absolute atomic E-state index is 0.218. The van der Waals surface area contributed by atoms with Gasteiger partial charge < -0.3 is 44.6 Å². The van der Waals surface area contributed by atoms with Gasteiger partial charge in [0.25, 0.3) is 23.6 Å². The number of hydrogen-bond donors (Lipinski definition) is 4. The number of carbonyl (C=O) groups excluding carboxylic acids is 4. The van der Waals surface area contributed by atoms with Gasteiger partial charge in [-0.05, 0) is 45.3 Å². The predicted octanol–water partition coefficient (Wildman–Crippen LogP) is 1.23. The zero-order chi connectivity index (χ0) is 28.3. The Labute approximate surface area is 226 Å². The molecule has 0 radical (unpaired) electrons. The van der Waals surface area contributed by atoms with Crippen LogP contribution in [0.3, 0.4) is 0 Å². The highest BCUT2D eigenvalue weighted by Gasteiger charge is 2.31. The molecule has 1 saturated heterocycles. The molecule has 1 aliphatic heterocycles. The largest absolute Gasteiger partial charge is 0.363 e. The zero-order valence-corrected chi connectivity index (χ0v) is 22.7. The minimum Gasteiger partial charge on any atom is -0.363 e. The van der Waals surface area contributed by atoms with Gasteiger partial charge >= 0.3 is 0 Å². The molecule has 13 nitrogen and oxygen atoms in total. The molecule has 4 heterocycles. The number of anilines is 3. The topological polar surface area (TPSA) is 147 Å². The summed E-state index contributed by atoms with van der Waals surface area (Å²) < 4.78 is 9.81. The molecule has 3 aromatic rings.